The summed E-state index contributed by atoms with van der Waals surface area (Å²) in [4.78, 5) is 4.15. The van der Waals surface area contributed by atoms with Gasteiger partial charge in [0.05, 0.1) is 19.4 Å². The largest absolute Gasteiger partial charge is 0.489 e. The van der Waals surface area contributed by atoms with Gasteiger partial charge in [-0.2, -0.15) is 0 Å². The van der Waals surface area contributed by atoms with E-state index in [1.807, 2.05) is 6.07 Å². The molecule has 0 unspecified atom stereocenters. The minimum Gasteiger partial charge on any atom is -0.489 e. The highest BCUT2D eigenvalue weighted by molar-refractivity contribution is 7.80. The van der Waals surface area contributed by atoms with Gasteiger partial charge in [-0.15, -0.1) is 0 Å². The van der Waals surface area contributed by atoms with Crippen molar-refractivity contribution in [2.45, 2.75) is 18.9 Å². The molecule has 1 aliphatic heterocycles. The third-order valence-corrected chi connectivity index (χ3v) is 2.56. The van der Waals surface area contributed by atoms with Crippen LogP contribution >= 0.6 is 12.2 Å². The number of nitrogens with two attached hydrogens (primary N) is 1. The SMILES string of the molecule is NC(=S)Nc1ccc(OC2CCOCC2)cn1. The molecule has 0 aliphatic carbocycles. The number of pyridine rings is 1. The number of anilines is 1. The lowest BCUT2D eigenvalue weighted by Crippen LogP contribution is -2.26. The molecule has 1 fully saturated rings. The average molecular weight is 253 g/mol. The summed E-state index contributed by atoms with van der Waals surface area (Å²) < 4.78 is 11.0. The Bertz CT molecular complexity index is 377. The van der Waals surface area contributed by atoms with Crippen molar-refractivity contribution in [2.24, 2.45) is 5.73 Å². The van der Waals surface area contributed by atoms with Crippen molar-refractivity contribution in [3.8, 4) is 5.75 Å². The lowest BCUT2D eigenvalue weighted by atomic mass is 10.1. The first-order valence-corrected chi connectivity index (χ1v) is 5.92. The van der Waals surface area contributed by atoms with Crippen molar-refractivity contribution in [3.05, 3.63) is 18.3 Å². The summed E-state index contributed by atoms with van der Waals surface area (Å²) in [7, 11) is 0. The lowest BCUT2D eigenvalue weighted by molar-refractivity contribution is 0.0254. The fraction of sp³-hybridized carbons (Fsp3) is 0.455. The molecule has 92 valence electrons. The van der Waals surface area contributed by atoms with Crippen molar-refractivity contribution in [2.75, 3.05) is 18.5 Å². The Balaban J connectivity index is 1.90. The van der Waals surface area contributed by atoms with E-state index in [0.29, 0.717) is 5.82 Å². The highest BCUT2D eigenvalue weighted by atomic mass is 32.1. The standard InChI is InChI=1S/C11H15N3O2S/c12-11(17)14-10-2-1-9(7-13-10)16-8-3-5-15-6-4-8/h1-2,7-8H,3-6H2,(H3,12,13,14,17). The van der Waals surface area contributed by atoms with E-state index in [0.717, 1.165) is 31.8 Å². The smallest absolute Gasteiger partial charge is 0.169 e. The van der Waals surface area contributed by atoms with Crippen molar-refractivity contribution >= 4 is 23.1 Å². The Morgan fingerprint density at radius 3 is 2.82 bits per heavy atom. The number of hydrogen-bond acceptors (Lipinski definition) is 4. The Morgan fingerprint density at radius 2 is 2.24 bits per heavy atom. The molecule has 0 bridgehead atoms. The van der Waals surface area contributed by atoms with Gasteiger partial charge >= 0.3 is 0 Å². The van der Waals surface area contributed by atoms with Crippen LogP contribution in [0.15, 0.2) is 18.3 Å². The maximum absolute atomic E-state index is 5.78. The van der Waals surface area contributed by atoms with Gasteiger partial charge in [0.25, 0.3) is 0 Å². The molecule has 17 heavy (non-hydrogen) atoms. The van der Waals surface area contributed by atoms with Gasteiger partial charge < -0.3 is 20.5 Å². The number of nitrogens with one attached hydrogen (secondary N) is 1. The van der Waals surface area contributed by atoms with E-state index in [1.165, 1.54) is 0 Å². The monoisotopic (exact) mass is 253 g/mol. The predicted octanol–water partition coefficient (Wildman–Crippen LogP) is 1.29. The Kier molecular flexibility index (Phi) is 4.11. The molecule has 2 rings (SSSR count). The van der Waals surface area contributed by atoms with Gasteiger partial charge in [0.2, 0.25) is 0 Å². The zero-order chi connectivity index (χ0) is 12.1. The minimum atomic E-state index is 0.204. The molecular formula is C11H15N3O2S. The summed E-state index contributed by atoms with van der Waals surface area (Å²) in [6.07, 6.45) is 3.73. The van der Waals surface area contributed by atoms with Crippen molar-refractivity contribution in [3.63, 3.8) is 0 Å². The van der Waals surface area contributed by atoms with Crippen LogP contribution in [0.1, 0.15) is 12.8 Å². The number of thiocarbonyl (C=S) groups is 1. The van der Waals surface area contributed by atoms with Crippen LogP contribution in [0.4, 0.5) is 5.82 Å². The lowest BCUT2D eigenvalue weighted by Gasteiger charge is -2.23. The van der Waals surface area contributed by atoms with E-state index in [-0.39, 0.29) is 11.2 Å². The van der Waals surface area contributed by atoms with Gasteiger partial charge in [0.15, 0.2) is 5.11 Å². The van der Waals surface area contributed by atoms with Gasteiger partial charge in [0.1, 0.15) is 17.7 Å². The van der Waals surface area contributed by atoms with Crippen molar-refractivity contribution in [1.29, 1.82) is 0 Å². The Labute approximate surface area is 105 Å². The maximum Gasteiger partial charge on any atom is 0.169 e. The number of rotatable bonds is 3. The van der Waals surface area contributed by atoms with Gasteiger partial charge in [-0.3, -0.25) is 0 Å². The molecule has 0 atom stereocenters. The van der Waals surface area contributed by atoms with E-state index in [9.17, 15) is 0 Å². The third-order valence-electron chi connectivity index (χ3n) is 2.46. The van der Waals surface area contributed by atoms with Crippen LogP contribution in [0.5, 0.6) is 5.75 Å². The summed E-state index contributed by atoms with van der Waals surface area (Å²) in [5.41, 5.74) is 5.35. The zero-order valence-electron chi connectivity index (χ0n) is 9.39. The molecule has 2 heterocycles. The van der Waals surface area contributed by atoms with Crippen LogP contribution in [0.25, 0.3) is 0 Å². The summed E-state index contributed by atoms with van der Waals surface area (Å²) in [6.45, 7) is 1.53. The van der Waals surface area contributed by atoms with Gasteiger partial charge in [-0.25, -0.2) is 4.98 Å². The van der Waals surface area contributed by atoms with Crippen LogP contribution in [0.2, 0.25) is 0 Å². The quantitative estimate of drug-likeness (QED) is 0.791. The second-order valence-corrected chi connectivity index (χ2v) is 4.24. The molecule has 1 aliphatic rings. The average Bonchev–Trinajstić information content (AvgIpc) is 2.32. The van der Waals surface area contributed by atoms with Crippen LogP contribution in [0, 0.1) is 0 Å². The topological polar surface area (TPSA) is 69.4 Å². The van der Waals surface area contributed by atoms with Crippen LogP contribution in [0.3, 0.4) is 0 Å². The summed E-state index contributed by atoms with van der Waals surface area (Å²) in [5, 5.41) is 2.96. The fourth-order valence-electron chi connectivity index (χ4n) is 1.64. The molecule has 6 heteroatoms. The van der Waals surface area contributed by atoms with Crippen LogP contribution in [-0.2, 0) is 4.74 Å². The summed E-state index contributed by atoms with van der Waals surface area (Å²) in [5.74, 6) is 1.38. The first-order valence-electron chi connectivity index (χ1n) is 5.51. The molecule has 0 saturated carbocycles. The Hall–Kier alpha value is -1.40. The number of ether oxygens (including phenoxy) is 2. The summed E-state index contributed by atoms with van der Waals surface area (Å²) >= 11 is 4.72. The zero-order valence-corrected chi connectivity index (χ0v) is 10.2. The van der Waals surface area contributed by atoms with Gasteiger partial charge in [-0.1, -0.05) is 0 Å². The normalized spacial score (nSPS) is 16.5. The highest BCUT2D eigenvalue weighted by Crippen LogP contribution is 2.18. The van der Waals surface area contributed by atoms with E-state index in [2.05, 4.69) is 10.3 Å². The number of hydrogen-bond donors (Lipinski definition) is 2. The minimum absolute atomic E-state index is 0.204. The van der Waals surface area contributed by atoms with E-state index < -0.39 is 0 Å². The second-order valence-electron chi connectivity index (χ2n) is 3.80. The van der Waals surface area contributed by atoms with Crippen LogP contribution in [-0.4, -0.2) is 29.4 Å². The predicted molar refractivity (Wildman–Crippen MR) is 69.1 cm³/mol. The fourth-order valence-corrected chi connectivity index (χ4v) is 1.74. The van der Waals surface area contributed by atoms with Crippen LogP contribution < -0.4 is 15.8 Å². The summed E-state index contributed by atoms with van der Waals surface area (Å²) in [6, 6.07) is 3.64. The van der Waals surface area contributed by atoms with E-state index >= 15 is 0 Å². The molecule has 1 aromatic rings. The first kappa shape index (κ1) is 12.1. The number of nitrogens with zero attached hydrogens (tertiary/aromatic N) is 1. The van der Waals surface area contributed by atoms with E-state index in [4.69, 9.17) is 27.4 Å². The first-order chi connectivity index (χ1) is 8.24. The number of aromatic nitrogens is 1. The molecule has 0 aromatic carbocycles. The van der Waals surface area contributed by atoms with Crippen molar-refractivity contribution in [1.82, 2.24) is 4.98 Å². The molecule has 3 N–H and O–H groups in total. The molecule has 1 aromatic heterocycles. The van der Waals surface area contributed by atoms with Crippen molar-refractivity contribution < 1.29 is 9.47 Å². The van der Waals surface area contributed by atoms with Gasteiger partial charge in [-0.05, 0) is 24.4 Å². The molecule has 1 saturated heterocycles. The Morgan fingerprint density at radius 1 is 1.47 bits per heavy atom. The highest BCUT2D eigenvalue weighted by Gasteiger charge is 2.15. The molecule has 0 radical (unpaired) electrons. The maximum atomic E-state index is 5.78. The molecule has 0 amide bonds. The molecule has 0 spiro atoms. The second kappa shape index (κ2) is 5.79. The molecular weight excluding hydrogens is 238 g/mol. The van der Waals surface area contributed by atoms with E-state index in [1.54, 1.807) is 12.3 Å². The third kappa shape index (κ3) is 3.83. The van der Waals surface area contributed by atoms with Gasteiger partial charge in [0, 0.05) is 12.8 Å². The molecule has 5 nitrogen and oxygen atoms in total.